The standard InChI is InChI=1S/C27H27N3O5/c1-34-23-13-12-19(16-24(23)35-2)14-15-28-25(31)18-29-22-11-7-6-10-21(22)26(32)30(27(29)33)17-20-8-4-3-5-9-20/h3-13,16H,14-15,17-18H2,1-2H3,(H,28,31). The third kappa shape index (κ3) is 5.27. The summed E-state index contributed by atoms with van der Waals surface area (Å²) in [6, 6.07) is 21.7. The second kappa shape index (κ2) is 10.7. The van der Waals surface area contributed by atoms with Crippen LogP contribution in [0.2, 0.25) is 0 Å². The van der Waals surface area contributed by atoms with Crippen LogP contribution in [0.3, 0.4) is 0 Å². The first-order valence-electron chi connectivity index (χ1n) is 11.3. The minimum absolute atomic E-state index is 0.129. The van der Waals surface area contributed by atoms with E-state index in [-0.39, 0.29) is 24.6 Å². The Bertz CT molecular complexity index is 1460. The van der Waals surface area contributed by atoms with Crippen LogP contribution in [-0.4, -0.2) is 35.8 Å². The Morgan fingerprint density at radius 3 is 2.29 bits per heavy atom. The number of aromatic nitrogens is 2. The van der Waals surface area contributed by atoms with Crippen molar-refractivity contribution in [1.82, 2.24) is 14.5 Å². The molecule has 1 heterocycles. The minimum atomic E-state index is -0.521. The molecule has 0 aliphatic carbocycles. The van der Waals surface area contributed by atoms with Crippen LogP contribution in [0.5, 0.6) is 11.5 Å². The molecule has 8 heteroatoms. The fourth-order valence-corrected chi connectivity index (χ4v) is 4.01. The second-order valence-electron chi connectivity index (χ2n) is 8.05. The summed E-state index contributed by atoms with van der Waals surface area (Å²) in [5, 5.41) is 3.25. The molecule has 0 atom stereocenters. The van der Waals surface area contributed by atoms with Gasteiger partial charge in [-0.05, 0) is 41.8 Å². The van der Waals surface area contributed by atoms with Crippen LogP contribution >= 0.6 is 0 Å². The molecule has 35 heavy (non-hydrogen) atoms. The average Bonchev–Trinajstić information content (AvgIpc) is 2.89. The summed E-state index contributed by atoms with van der Waals surface area (Å²) in [6.45, 7) is 0.315. The summed E-state index contributed by atoms with van der Waals surface area (Å²) in [4.78, 5) is 39.1. The third-order valence-corrected chi connectivity index (χ3v) is 5.80. The molecule has 0 aliphatic rings. The Balaban J connectivity index is 1.54. The predicted molar refractivity (Wildman–Crippen MR) is 134 cm³/mol. The fourth-order valence-electron chi connectivity index (χ4n) is 4.01. The number of rotatable bonds is 9. The molecule has 0 radical (unpaired) electrons. The van der Waals surface area contributed by atoms with Gasteiger partial charge in [-0.2, -0.15) is 0 Å². The van der Waals surface area contributed by atoms with Gasteiger partial charge in [0.1, 0.15) is 6.54 Å². The summed E-state index contributed by atoms with van der Waals surface area (Å²) >= 11 is 0. The number of nitrogens with zero attached hydrogens (tertiary/aromatic N) is 2. The van der Waals surface area contributed by atoms with Gasteiger partial charge >= 0.3 is 5.69 Å². The van der Waals surface area contributed by atoms with Crippen LogP contribution in [-0.2, 0) is 24.3 Å². The number of hydrogen-bond acceptors (Lipinski definition) is 5. The lowest BCUT2D eigenvalue weighted by atomic mass is 10.1. The molecule has 0 aliphatic heterocycles. The highest BCUT2D eigenvalue weighted by molar-refractivity contribution is 5.81. The monoisotopic (exact) mass is 473 g/mol. The Morgan fingerprint density at radius 1 is 0.829 bits per heavy atom. The fraction of sp³-hybridized carbons (Fsp3) is 0.222. The predicted octanol–water partition coefficient (Wildman–Crippen LogP) is 2.59. The van der Waals surface area contributed by atoms with Gasteiger partial charge in [0.25, 0.3) is 5.56 Å². The maximum atomic E-state index is 13.3. The lowest BCUT2D eigenvalue weighted by Crippen LogP contribution is -2.43. The van der Waals surface area contributed by atoms with Crippen LogP contribution in [0, 0.1) is 0 Å². The van der Waals surface area contributed by atoms with E-state index < -0.39 is 5.69 Å². The highest BCUT2D eigenvalue weighted by Crippen LogP contribution is 2.27. The lowest BCUT2D eigenvalue weighted by Gasteiger charge is -2.14. The molecule has 8 nitrogen and oxygen atoms in total. The molecule has 0 saturated heterocycles. The molecule has 180 valence electrons. The summed E-state index contributed by atoms with van der Waals surface area (Å²) in [5.74, 6) is 0.940. The zero-order valence-electron chi connectivity index (χ0n) is 19.7. The SMILES string of the molecule is COc1ccc(CCNC(=O)Cn2c(=O)n(Cc3ccccc3)c(=O)c3ccccc32)cc1OC. The maximum absolute atomic E-state index is 13.3. The number of amides is 1. The van der Waals surface area contributed by atoms with Crippen LogP contribution in [0.25, 0.3) is 10.9 Å². The number of benzene rings is 3. The van der Waals surface area contributed by atoms with Gasteiger partial charge in [-0.3, -0.25) is 18.7 Å². The Morgan fingerprint density at radius 2 is 1.54 bits per heavy atom. The number of hydrogen-bond donors (Lipinski definition) is 1. The van der Waals surface area contributed by atoms with Gasteiger partial charge in [-0.15, -0.1) is 0 Å². The van der Waals surface area contributed by atoms with Gasteiger partial charge in [-0.1, -0.05) is 48.5 Å². The van der Waals surface area contributed by atoms with E-state index in [1.165, 1.54) is 9.13 Å². The Hall–Kier alpha value is -4.33. The molecule has 1 N–H and O–H groups in total. The summed E-state index contributed by atoms with van der Waals surface area (Å²) in [6.07, 6.45) is 0.579. The third-order valence-electron chi connectivity index (χ3n) is 5.80. The minimum Gasteiger partial charge on any atom is -0.493 e. The Labute approximate surface area is 202 Å². The number of carbonyl (C=O) groups is 1. The van der Waals surface area contributed by atoms with Crippen molar-refractivity contribution in [3.63, 3.8) is 0 Å². The smallest absolute Gasteiger partial charge is 0.332 e. The van der Waals surface area contributed by atoms with Crippen molar-refractivity contribution >= 4 is 16.8 Å². The van der Waals surface area contributed by atoms with E-state index >= 15 is 0 Å². The molecule has 0 fully saturated rings. The molecule has 0 saturated carbocycles. The first-order chi connectivity index (χ1) is 17.0. The number of para-hydroxylation sites is 1. The van der Waals surface area contributed by atoms with E-state index in [2.05, 4.69) is 5.32 Å². The summed E-state index contributed by atoms with van der Waals surface area (Å²) < 4.78 is 13.1. The van der Waals surface area contributed by atoms with Gasteiger partial charge < -0.3 is 14.8 Å². The first-order valence-corrected chi connectivity index (χ1v) is 11.3. The van der Waals surface area contributed by atoms with Gasteiger partial charge in [0.15, 0.2) is 11.5 Å². The maximum Gasteiger partial charge on any atom is 0.332 e. The van der Waals surface area contributed by atoms with E-state index in [4.69, 9.17) is 9.47 Å². The Kier molecular flexibility index (Phi) is 7.30. The van der Waals surface area contributed by atoms with Gasteiger partial charge in [0, 0.05) is 6.54 Å². The van der Waals surface area contributed by atoms with Gasteiger partial charge in [0.05, 0.1) is 31.7 Å². The molecule has 1 aromatic heterocycles. The van der Waals surface area contributed by atoms with Crippen LogP contribution < -0.4 is 26.0 Å². The first kappa shape index (κ1) is 23.8. The average molecular weight is 474 g/mol. The second-order valence-corrected chi connectivity index (χ2v) is 8.05. The highest BCUT2D eigenvalue weighted by atomic mass is 16.5. The van der Waals surface area contributed by atoms with Crippen LogP contribution in [0.15, 0.2) is 82.4 Å². The molecule has 1 amide bonds. The normalized spacial score (nSPS) is 10.8. The largest absolute Gasteiger partial charge is 0.493 e. The van der Waals surface area contributed by atoms with Crippen LogP contribution in [0.4, 0.5) is 0 Å². The van der Waals surface area contributed by atoms with Crippen LogP contribution in [0.1, 0.15) is 11.1 Å². The van der Waals surface area contributed by atoms with Crippen molar-refractivity contribution in [3.05, 3.63) is 105 Å². The number of fused-ring (bicyclic) bond motifs is 1. The molecule has 0 spiro atoms. The van der Waals surface area contributed by atoms with Crippen molar-refractivity contribution in [3.8, 4) is 11.5 Å². The molecular formula is C27H27N3O5. The molecule has 4 aromatic rings. The van der Waals surface area contributed by atoms with Crippen molar-refractivity contribution in [2.24, 2.45) is 0 Å². The van der Waals surface area contributed by atoms with E-state index in [9.17, 15) is 14.4 Å². The zero-order valence-corrected chi connectivity index (χ0v) is 19.7. The van der Waals surface area contributed by atoms with E-state index in [0.29, 0.717) is 35.4 Å². The molecule has 0 unspecified atom stereocenters. The topological polar surface area (TPSA) is 91.6 Å². The molecule has 0 bridgehead atoms. The van der Waals surface area contributed by atoms with Crippen molar-refractivity contribution in [2.75, 3.05) is 20.8 Å². The molecule has 3 aromatic carbocycles. The van der Waals surface area contributed by atoms with Gasteiger partial charge in [0.2, 0.25) is 5.91 Å². The van der Waals surface area contributed by atoms with Crippen molar-refractivity contribution in [2.45, 2.75) is 19.5 Å². The van der Waals surface area contributed by atoms with Crippen molar-refractivity contribution < 1.29 is 14.3 Å². The zero-order chi connectivity index (χ0) is 24.8. The number of ether oxygens (including phenoxy) is 2. The van der Waals surface area contributed by atoms with Gasteiger partial charge in [-0.25, -0.2) is 4.79 Å². The summed E-state index contributed by atoms with van der Waals surface area (Å²) in [7, 11) is 3.15. The lowest BCUT2D eigenvalue weighted by molar-refractivity contribution is -0.121. The van der Waals surface area contributed by atoms with E-state index in [1.807, 2.05) is 48.5 Å². The van der Waals surface area contributed by atoms with E-state index in [0.717, 1.165) is 11.1 Å². The van der Waals surface area contributed by atoms with Crippen molar-refractivity contribution in [1.29, 1.82) is 0 Å². The quantitative estimate of drug-likeness (QED) is 0.404. The number of nitrogens with one attached hydrogen (secondary N) is 1. The number of methoxy groups -OCH3 is 2. The number of carbonyl (C=O) groups excluding carboxylic acids is 1. The summed E-state index contributed by atoms with van der Waals surface area (Å²) in [5.41, 5.74) is 1.34. The highest BCUT2D eigenvalue weighted by Gasteiger charge is 2.15. The van der Waals surface area contributed by atoms with E-state index in [1.54, 1.807) is 38.5 Å². The molecular weight excluding hydrogens is 446 g/mol. The molecule has 4 rings (SSSR count).